The van der Waals surface area contributed by atoms with Crippen LogP contribution in [-0.4, -0.2) is 12.7 Å². The lowest BCUT2D eigenvalue weighted by Crippen LogP contribution is -2.14. The van der Waals surface area contributed by atoms with E-state index in [2.05, 4.69) is 5.32 Å². The summed E-state index contributed by atoms with van der Waals surface area (Å²) in [5.74, 6) is -0.367. The fraction of sp³-hybridized carbons (Fsp3) is 0.0714. The van der Waals surface area contributed by atoms with Gasteiger partial charge in [-0.3, -0.25) is 4.79 Å². The molecule has 21 heavy (non-hydrogen) atoms. The van der Waals surface area contributed by atoms with Gasteiger partial charge < -0.3 is 20.5 Å². The molecule has 0 unspecified atom stereocenters. The molecule has 0 radical (unpaired) electrons. The molecule has 108 valence electrons. The minimum Gasteiger partial charge on any atom is -0.454 e. The lowest BCUT2D eigenvalue weighted by molar-refractivity contribution is 0.102. The number of nitrogen functional groups attached to an aromatic ring is 1. The van der Waals surface area contributed by atoms with Gasteiger partial charge in [0.15, 0.2) is 11.5 Å². The van der Waals surface area contributed by atoms with Crippen LogP contribution in [0.15, 0.2) is 30.3 Å². The normalized spacial score (nSPS) is 12.3. The van der Waals surface area contributed by atoms with E-state index in [1.54, 1.807) is 0 Å². The molecule has 0 fully saturated rings. The highest BCUT2D eigenvalue weighted by molar-refractivity contribution is 6.30. The van der Waals surface area contributed by atoms with E-state index < -0.39 is 11.7 Å². The van der Waals surface area contributed by atoms with Crippen LogP contribution in [0.2, 0.25) is 5.02 Å². The van der Waals surface area contributed by atoms with Crippen LogP contribution < -0.4 is 20.5 Å². The largest absolute Gasteiger partial charge is 0.454 e. The number of carbonyl (C=O) groups is 1. The third-order valence-electron chi connectivity index (χ3n) is 2.97. The molecule has 0 saturated heterocycles. The Labute approximate surface area is 124 Å². The predicted molar refractivity (Wildman–Crippen MR) is 76.3 cm³/mol. The van der Waals surface area contributed by atoms with E-state index >= 15 is 0 Å². The Morgan fingerprint density at radius 3 is 2.67 bits per heavy atom. The van der Waals surface area contributed by atoms with Crippen molar-refractivity contribution in [2.24, 2.45) is 0 Å². The summed E-state index contributed by atoms with van der Waals surface area (Å²) < 4.78 is 24.1. The number of benzene rings is 2. The summed E-state index contributed by atoms with van der Waals surface area (Å²) >= 11 is 5.65. The highest BCUT2D eigenvalue weighted by atomic mass is 35.5. The number of fused-ring (bicyclic) bond motifs is 1. The maximum atomic E-state index is 13.7. The molecule has 5 nitrogen and oxygen atoms in total. The fourth-order valence-corrected chi connectivity index (χ4v) is 2.09. The predicted octanol–water partition coefficient (Wildman–Crippen LogP) is 3.04. The molecule has 1 aliphatic rings. The first-order valence-corrected chi connectivity index (χ1v) is 6.38. The molecule has 0 aliphatic carbocycles. The second kappa shape index (κ2) is 5.14. The summed E-state index contributed by atoms with van der Waals surface area (Å²) in [5, 5.41) is 2.75. The van der Waals surface area contributed by atoms with E-state index in [9.17, 15) is 9.18 Å². The summed E-state index contributed by atoms with van der Waals surface area (Å²) in [7, 11) is 0. The quantitative estimate of drug-likeness (QED) is 0.836. The lowest BCUT2D eigenvalue weighted by Gasteiger charge is -2.10. The third kappa shape index (κ3) is 2.57. The number of halogens is 2. The molecule has 0 aromatic heterocycles. The Hall–Kier alpha value is -2.47. The zero-order valence-corrected chi connectivity index (χ0v) is 11.4. The number of hydrogen-bond acceptors (Lipinski definition) is 4. The van der Waals surface area contributed by atoms with Gasteiger partial charge in [-0.05, 0) is 18.2 Å². The van der Waals surface area contributed by atoms with Crippen LogP contribution in [0.25, 0.3) is 0 Å². The van der Waals surface area contributed by atoms with Crippen LogP contribution in [0.1, 0.15) is 10.4 Å². The third-order valence-corrected chi connectivity index (χ3v) is 3.20. The minimum atomic E-state index is -0.709. The van der Waals surface area contributed by atoms with E-state index in [0.717, 1.165) is 6.07 Å². The number of amides is 1. The minimum absolute atomic E-state index is 0.0952. The molecule has 3 N–H and O–H groups in total. The van der Waals surface area contributed by atoms with Crippen molar-refractivity contribution in [3.63, 3.8) is 0 Å². The van der Waals surface area contributed by atoms with Crippen molar-refractivity contribution < 1.29 is 18.7 Å². The number of carbonyl (C=O) groups excluding carboxylic acids is 1. The Morgan fingerprint density at radius 2 is 1.95 bits per heavy atom. The summed E-state index contributed by atoms with van der Waals surface area (Å²) in [6.07, 6.45) is 0. The van der Waals surface area contributed by atoms with Crippen LogP contribution in [0, 0.1) is 5.82 Å². The van der Waals surface area contributed by atoms with Crippen molar-refractivity contribution in [2.75, 3.05) is 17.8 Å². The number of ether oxygens (including phenoxy) is 2. The van der Waals surface area contributed by atoms with Crippen LogP contribution >= 0.6 is 11.6 Å². The molecule has 1 heterocycles. The highest BCUT2D eigenvalue weighted by Crippen LogP contribution is 2.38. The molecule has 0 spiro atoms. The zero-order valence-electron chi connectivity index (χ0n) is 10.7. The molecule has 3 rings (SSSR count). The van der Waals surface area contributed by atoms with Gasteiger partial charge in [0.2, 0.25) is 6.79 Å². The highest BCUT2D eigenvalue weighted by Gasteiger charge is 2.19. The van der Waals surface area contributed by atoms with Gasteiger partial charge in [-0.15, -0.1) is 0 Å². The molecule has 0 saturated carbocycles. The van der Waals surface area contributed by atoms with E-state index in [1.165, 1.54) is 24.3 Å². The van der Waals surface area contributed by atoms with Crippen molar-refractivity contribution in [1.29, 1.82) is 0 Å². The van der Waals surface area contributed by atoms with E-state index in [-0.39, 0.29) is 17.4 Å². The van der Waals surface area contributed by atoms with Crippen molar-refractivity contribution >= 4 is 28.9 Å². The van der Waals surface area contributed by atoms with Crippen LogP contribution in [-0.2, 0) is 0 Å². The zero-order chi connectivity index (χ0) is 15.0. The summed E-state index contributed by atoms with van der Waals surface area (Å²) in [4.78, 5) is 12.1. The second-order valence-corrected chi connectivity index (χ2v) is 4.81. The average molecular weight is 309 g/mol. The Kier molecular flexibility index (Phi) is 3.31. The van der Waals surface area contributed by atoms with Gasteiger partial charge in [0.25, 0.3) is 5.91 Å². The number of hydrogen-bond donors (Lipinski definition) is 2. The number of nitrogens with two attached hydrogens (primary N) is 1. The first-order chi connectivity index (χ1) is 10.0. The fourth-order valence-electron chi connectivity index (χ4n) is 1.93. The monoisotopic (exact) mass is 308 g/mol. The maximum absolute atomic E-state index is 13.7. The summed E-state index contributed by atoms with van der Waals surface area (Å²) in [5.41, 5.74) is 6.30. The van der Waals surface area contributed by atoms with Gasteiger partial charge in [-0.2, -0.15) is 0 Å². The van der Waals surface area contributed by atoms with Crippen molar-refractivity contribution in [2.45, 2.75) is 0 Å². The van der Waals surface area contributed by atoms with Gasteiger partial charge >= 0.3 is 0 Å². The van der Waals surface area contributed by atoms with Gasteiger partial charge in [0, 0.05) is 17.2 Å². The van der Waals surface area contributed by atoms with Gasteiger partial charge in [-0.25, -0.2) is 4.39 Å². The van der Waals surface area contributed by atoms with Gasteiger partial charge in [0.1, 0.15) is 5.82 Å². The molecule has 1 amide bonds. The van der Waals surface area contributed by atoms with Crippen molar-refractivity contribution in [3.8, 4) is 11.5 Å². The second-order valence-electron chi connectivity index (χ2n) is 4.37. The van der Waals surface area contributed by atoms with Crippen molar-refractivity contribution in [1.82, 2.24) is 0 Å². The molecule has 0 atom stereocenters. The average Bonchev–Trinajstić information content (AvgIpc) is 2.86. The van der Waals surface area contributed by atoms with Gasteiger partial charge in [-0.1, -0.05) is 11.6 Å². The molecule has 0 bridgehead atoms. The van der Waals surface area contributed by atoms with E-state index in [1.807, 2.05) is 0 Å². The summed E-state index contributed by atoms with van der Waals surface area (Å²) in [6, 6.07) is 6.87. The number of anilines is 2. The Morgan fingerprint density at radius 1 is 1.24 bits per heavy atom. The standard InChI is InChI=1S/C14H10ClFN2O3/c15-7-1-2-8(9(16)3-7)14(19)18-11-5-13-12(4-10(11)17)20-6-21-13/h1-5H,6,17H2,(H,18,19). The van der Waals surface area contributed by atoms with E-state index in [4.69, 9.17) is 26.8 Å². The smallest absolute Gasteiger partial charge is 0.258 e. The topological polar surface area (TPSA) is 73.6 Å². The van der Waals surface area contributed by atoms with E-state index in [0.29, 0.717) is 22.9 Å². The van der Waals surface area contributed by atoms with Crippen LogP contribution in [0.5, 0.6) is 11.5 Å². The SMILES string of the molecule is Nc1cc2c(cc1NC(=O)c1ccc(Cl)cc1F)OCO2. The van der Waals surface area contributed by atoms with Gasteiger partial charge in [0.05, 0.1) is 16.9 Å². The first-order valence-electron chi connectivity index (χ1n) is 6.00. The number of rotatable bonds is 2. The molecule has 7 heteroatoms. The molecule has 2 aromatic carbocycles. The Bertz CT molecular complexity index is 736. The molecular formula is C14H10ClFN2O3. The Balaban J connectivity index is 1.88. The molecular weight excluding hydrogens is 299 g/mol. The van der Waals surface area contributed by atoms with Crippen LogP contribution in [0.3, 0.4) is 0 Å². The lowest BCUT2D eigenvalue weighted by atomic mass is 10.2. The van der Waals surface area contributed by atoms with Crippen LogP contribution in [0.4, 0.5) is 15.8 Å². The summed E-state index contributed by atoms with van der Waals surface area (Å²) in [6.45, 7) is 0.0952. The van der Waals surface area contributed by atoms with Crippen molar-refractivity contribution in [3.05, 3.63) is 46.7 Å². The molecule has 2 aromatic rings. The number of nitrogens with one attached hydrogen (secondary N) is 1. The first kappa shape index (κ1) is 13.5. The molecule has 1 aliphatic heterocycles. The maximum Gasteiger partial charge on any atom is 0.258 e.